The van der Waals surface area contributed by atoms with Crippen LogP contribution in [0.2, 0.25) is 25.7 Å². The van der Waals surface area contributed by atoms with Gasteiger partial charge >= 0.3 is 0 Å². The van der Waals surface area contributed by atoms with E-state index in [4.69, 9.17) is 24.4 Å². The molecule has 0 N–H and O–H groups in total. The number of ether oxygens (including phenoxy) is 2. The van der Waals surface area contributed by atoms with Gasteiger partial charge in [-0.05, 0) is 17.9 Å². The Morgan fingerprint density at radius 3 is 2.55 bits per heavy atom. The minimum Gasteiger partial charge on any atom is -0.380 e. The zero-order chi connectivity index (χ0) is 26.3. The molecular weight excluding hydrogens is 494 g/mol. The van der Waals surface area contributed by atoms with Gasteiger partial charge in [-0.15, -0.1) is 0 Å². The van der Waals surface area contributed by atoms with Gasteiger partial charge in [0.25, 0.3) is 0 Å². The van der Waals surface area contributed by atoms with Gasteiger partial charge in [-0.2, -0.15) is 0 Å². The van der Waals surface area contributed by atoms with Crippen LogP contribution in [0.1, 0.15) is 11.6 Å². The van der Waals surface area contributed by atoms with Gasteiger partial charge in [0, 0.05) is 46.6 Å². The Kier molecular flexibility index (Phi) is 6.30. The van der Waals surface area contributed by atoms with Crippen molar-refractivity contribution in [1.82, 2.24) is 29.1 Å². The summed E-state index contributed by atoms with van der Waals surface area (Å²) in [5.74, 6) is 8.33. The van der Waals surface area contributed by atoms with Gasteiger partial charge in [0.05, 0.1) is 30.7 Å². The lowest BCUT2D eigenvalue weighted by Gasteiger charge is -2.55. The Labute approximate surface area is 223 Å². The van der Waals surface area contributed by atoms with Crippen molar-refractivity contribution in [2.24, 2.45) is 12.5 Å². The zero-order valence-electron chi connectivity index (χ0n) is 22.4. The quantitative estimate of drug-likeness (QED) is 0.206. The number of fused-ring (bicyclic) bond motifs is 1. The number of aromatic nitrogens is 6. The second kappa shape index (κ2) is 9.65. The molecule has 0 atom stereocenters. The monoisotopic (exact) mass is 527 g/mol. The van der Waals surface area contributed by atoms with Crippen LogP contribution in [0.3, 0.4) is 0 Å². The molecule has 0 amide bonds. The number of hydrogen-bond donors (Lipinski definition) is 0. The maximum Gasteiger partial charge on any atom is 0.209 e. The molecule has 10 heteroatoms. The molecule has 38 heavy (non-hydrogen) atoms. The van der Waals surface area contributed by atoms with Crippen LogP contribution in [0.5, 0.6) is 0 Å². The van der Waals surface area contributed by atoms with E-state index in [0.29, 0.717) is 18.4 Å². The van der Waals surface area contributed by atoms with Crippen LogP contribution in [0.25, 0.3) is 22.4 Å². The van der Waals surface area contributed by atoms with Gasteiger partial charge in [-0.1, -0.05) is 50.0 Å². The van der Waals surface area contributed by atoms with Gasteiger partial charge in [0.2, 0.25) is 5.82 Å². The number of aryl methyl sites for hydroxylation is 1. The first kappa shape index (κ1) is 24.8. The van der Waals surface area contributed by atoms with E-state index >= 15 is 0 Å². The van der Waals surface area contributed by atoms with E-state index in [1.807, 2.05) is 40.6 Å². The van der Waals surface area contributed by atoms with Crippen LogP contribution in [-0.4, -0.2) is 70.1 Å². The van der Waals surface area contributed by atoms with Gasteiger partial charge < -0.3 is 18.9 Å². The highest BCUT2D eigenvalue weighted by Gasteiger charge is 2.50. The standard InChI is InChI=1S/C28H33N7O2Si/c1-33-19-29-25-26(33)31-23(32-27(25)35-15-28(16-35)17-37-18-28)10-11-24-30-22(21-8-6-5-7-9-21)14-34(24)20-36-12-13-38(2,3)4/h5-9,14,19H,12-13,15-18,20H2,1-4H3. The molecule has 0 aliphatic carbocycles. The maximum atomic E-state index is 6.04. The van der Waals surface area contributed by atoms with Gasteiger partial charge in [0.1, 0.15) is 6.73 Å². The van der Waals surface area contributed by atoms with Crippen LogP contribution >= 0.6 is 0 Å². The lowest BCUT2D eigenvalue weighted by molar-refractivity contribution is -0.127. The predicted octanol–water partition coefficient (Wildman–Crippen LogP) is 3.78. The van der Waals surface area contributed by atoms with E-state index in [9.17, 15) is 0 Å². The second-order valence-corrected chi connectivity index (χ2v) is 17.3. The molecule has 2 aliphatic rings. The largest absolute Gasteiger partial charge is 0.380 e. The zero-order valence-corrected chi connectivity index (χ0v) is 23.4. The molecule has 2 fully saturated rings. The third kappa shape index (κ3) is 4.97. The molecule has 2 saturated heterocycles. The summed E-state index contributed by atoms with van der Waals surface area (Å²) >= 11 is 0. The SMILES string of the molecule is Cn1cnc2c(N3CC4(COC4)C3)nc(C#Cc3nc(-c4ccccc4)cn3COCC[Si](C)(C)C)nc21. The van der Waals surface area contributed by atoms with E-state index in [0.717, 1.165) is 67.2 Å². The minimum atomic E-state index is -1.17. The van der Waals surface area contributed by atoms with Crippen LogP contribution in [0.4, 0.5) is 5.82 Å². The van der Waals surface area contributed by atoms with Crippen molar-refractivity contribution in [2.75, 3.05) is 37.8 Å². The fraction of sp³-hybridized carbons (Fsp3) is 0.429. The first-order chi connectivity index (χ1) is 18.3. The fourth-order valence-electron chi connectivity index (χ4n) is 4.77. The number of rotatable bonds is 7. The van der Waals surface area contributed by atoms with Gasteiger partial charge in [0.15, 0.2) is 22.8 Å². The summed E-state index contributed by atoms with van der Waals surface area (Å²) in [6.07, 6.45) is 3.78. The van der Waals surface area contributed by atoms with Crippen LogP contribution in [0, 0.1) is 17.3 Å². The Morgan fingerprint density at radius 2 is 1.84 bits per heavy atom. The average Bonchev–Trinajstić information content (AvgIpc) is 3.42. The molecule has 6 rings (SSSR count). The number of imidazole rings is 2. The third-order valence-electron chi connectivity index (χ3n) is 7.07. The molecule has 0 saturated carbocycles. The molecule has 5 heterocycles. The summed E-state index contributed by atoms with van der Waals surface area (Å²) in [4.78, 5) is 21.2. The van der Waals surface area contributed by atoms with Crippen molar-refractivity contribution in [3.63, 3.8) is 0 Å². The Balaban J connectivity index is 1.30. The molecule has 0 bridgehead atoms. The van der Waals surface area contributed by atoms with Crippen molar-refractivity contribution >= 4 is 25.1 Å². The van der Waals surface area contributed by atoms with Crippen molar-refractivity contribution < 1.29 is 9.47 Å². The summed E-state index contributed by atoms with van der Waals surface area (Å²) in [7, 11) is 0.771. The van der Waals surface area contributed by atoms with E-state index < -0.39 is 8.07 Å². The normalized spacial score (nSPS) is 16.3. The molecule has 0 unspecified atom stereocenters. The highest BCUT2D eigenvalue weighted by Crippen LogP contribution is 2.41. The predicted molar refractivity (Wildman–Crippen MR) is 150 cm³/mol. The summed E-state index contributed by atoms with van der Waals surface area (Å²) in [5.41, 5.74) is 3.75. The van der Waals surface area contributed by atoms with Crippen molar-refractivity contribution in [2.45, 2.75) is 32.4 Å². The van der Waals surface area contributed by atoms with Crippen LogP contribution in [0.15, 0.2) is 42.9 Å². The molecule has 3 aromatic heterocycles. The average molecular weight is 528 g/mol. The fourth-order valence-corrected chi connectivity index (χ4v) is 5.53. The number of nitrogens with zero attached hydrogens (tertiary/aromatic N) is 7. The topological polar surface area (TPSA) is 83.1 Å². The second-order valence-electron chi connectivity index (χ2n) is 11.6. The summed E-state index contributed by atoms with van der Waals surface area (Å²) in [6, 6.07) is 11.2. The molecule has 0 radical (unpaired) electrons. The Morgan fingerprint density at radius 1 is 1.05 bits per heavy atom. The lowest BCUT2D eigenvalue weighted by atomic mass is 9.78. The molecule has 2 aliphatic heterocycles. The molecule has 196 valence electrons. The highest BCUT2D eigenvalue weighted by atomic mass is 28.3. The number of benzene rings is 1. The van der Waals surface area contributed by atoms with E-state index in [1.54, 1.807) is 6.33 Å². The highest BCUT2D eigenvalue weighted by molar-refractivity contribution is 6.76. The molecule has 1 aromatic carbocycles. The summed E-state index contributed by atoms with van der Waals surface area (Å²) < 4.78 is 15.4. The van der Waals surface area contributed by atoms with Gasteiger partial charge in [-0.3, -0.25) is 4.57 Å². The van der Waals surface area contributed by atoms with E-state index in [-0.39, 0.29) is 5.41 Å². The van der Waals surface area contributed by atoms with Gasteiger partial charge in [-0.25, -0.2) is 19.9 Å². The third-order valence-corrected chi connectivity index (χ3v) is 8.77. The maximum absolute atomic E-state index is 6.04. The number of anilines is 1. The van der Waals surface area contributed by atoms with Crippen LogP contribution < -0.4 is 4.90 Å². The minimum absolute atomic E-state index is 0.270. The van der Waals surface area contributed by atoms with E-state index in [2.05, 4.69) is 53.5 Å². The summed E-state index contributed by atoms with van der Waals surface area (Å²) in [6.45, 7) is 11.7. The smallest absolute Gasteiger partial charge is 0.209 e. The van der Waals surface area contributed by atoms with E-state index in [1.165, 1.54) is 0 Å². The molecule has 1 spiro atoms. The van der Waals surface area contributed by atoms with Crippen molar-refractivity contribution in [1.29, 1.82) is 0 Å². The molecular formula is C28H33N7O2Si. The van der Waals surface area contributed by atoms with Crippen molar-refractivity contribution in [3.05, 3.63) is 54.5 Å². The van der Waals surface area contributed by atoms with Crippen molar-refractivity contribution in [3.8, 4) is 23.1 Å². The molecule has 4 aromatic rings. The first-order valence-electron chi connectivity index (χ1n) is 13.0. The number of hydrogen-bond acceptors (Lipinski definition) is 7. The Bertz CT molecular complexity index is 1520. The lowest BCUT2D eigenvalue weighted by Crippen LogP contribution is -2.66. The first-order valence-corrected chi connectivity index (χ1v) is 16.7. The van der Waals surface area contributed by atoms with Crippen LogP contribution in [-0.2, 0) is 23.3 Å². The molecule has 9 nitrogen and oxygen atoms in total. The summed E-state index contributed by atoms with van der Waals surface area (Å²) in [5, 5.41) is 0. The Hall–Kier alpha value is -3.52.